The highest BCUT2D eigenvalue weighted by molar-refractivity contribution is 8.00. The first-order valence-corrected chi connectivity index (χ1v) is 10.9. The Hall–Kier alpha value is -2.12. The van der Waals surface area contributed by atoms with Gasteiger partial charge in [-0.05, 0) is 38.8 Å². The lowest BCUT2D eigenvalue weighted by Gasteiger charge is -2.22. The third-order valence-corrected chi connectivity index (χ3v) is 7.02. The molecule has 5 nitrogen and oxygen atoms in total. The van der Waals surface area contributed by atoms with Crippen LogP contribution in [0.5, 0.6) is 0 Å². The molecule has 3 rings (SSSR count). The zero-order chi connectivity index (χ0) is 20.6. The SMILES string of the molecule is Cc1sc2nc(SC(C(=O)N(C)C)c3ccccc3)n(C(C)C)c(=O)c2c1C. The summed E-state index contributed by atoms with van der Waals surface area (Å²) in [5.41, 5.74) is 1.86. The Morgan fingerprint density at radius 1 is 1.18 bits per heavy atom. The lowest BCUT2D eigenvalue weighted by atomic mass is 10.1. The third-order valence-electron chi connectivity index (χ3n) is 4.71. The van der Waals surface area contributed by atoms with Gasteiger partial charge in [0.1, 0.15) is 10.1 Å². The molecule has 28 heavy (non-hydrogen) atoms. The minimum absolute atomic E-state index is 0.0283. The zero-order valence-electron chi connectivity index (χ0n) is 17.0. The number of nitrogens with zero attached hydrogens (tertiary/aromatic N) is 3. The lowest BCUT2D eigenvalue weighted by molar-refractivity contribution is -0.128. The molecule has 1 unspecified atom stereocenters. The Labute approximate surface area is 173 Å². The zero-order valence-corrected chi connectivity index (χ0v) is 18.6. The molecule has 0 spiro atoms. The second kappa shape index (κ2) is 8.09. The van der Waals surface area contributed by atoms with Gasteiger partial charge in [0, 0.05) is 25.0 Å². The number of amides is 1. The van der Waals surface area contributed by atoms with Gasteiger partial charge in [0.25, 0.3) is 5.56 Å². The maximum atomic E-state index is 13.3. The minimum atomic E-state index is -0.465. The van der Waals surface area contributed by atoms with Crippen LogP contribution in [0.1, 0.15) is 41.1 Å². The first kappa shape index (κ1) is 20.6. The van der Waals surface area contributed by atoms with Crippen molar-refractivity contribution in [3.05, 3.63) is 56.7 Å². The molecular formula is C21H25N3O2S2. The fourth-order valence-corrected chi connectivity index (χ4v) is 5.50. The van der Waals surface area contributed by atoms with Gasteiger partial charge in [-0.3, -0.25) is 14.2 Å². The van der Waals surface area contributed by atoms with Crippen molar-refractivity contribution < 1.29 is 4.79 Å². The quantitative estimate of drug-likeness (QED) is 0.452. The monoisotopic (exact) mass is 415 g/mol. The number of thioether (sulfide) groups is 1. The van der Waals surface area contributed by atoms with Crippen LogP contribution in [0, 0.1) is 13.8 Å². The van der Waals surface area contributed by atoms with Gasteiger partial charge in [-0.1, -0.05) is 42.1 Å². The van der Waals surface area contributed by atoms with Crippen LogP contribution in [-0.4, -0.2) is 34.5 Å². The first-order chi connectivity index (χ1) is 13.2. The summed E-state index contributed by atoms with van der Waals surface area (Å²) < 4.78 is 1.71. The average Bonchev–Trinajstić information content (AvgIpc) is 2.93. The van der Waals surface area contributed by atoms with Crippen LogP contribution in [-0.2, 0) is 4.79 Å². The van der Waals surface area contributed by atoms with Crippen molar-refractivity contribution in [1.82, 2.24) is 14.5 Å². The summed E-state index contributed by atoms with van der Waals surface area (Å²) in [7, 11) is 3.49. The number of likely N-dealkylation sites (N-methyl/N-ethyl adjacent to an activating group) is 1. The number of thiophene rings is 1. The molecule has 0 radical (unpaired) electrons. The second-order valence-electron chi connectivity index (χ2n) is 7.27. The summed E-state index contributed by atoms with van der Waals surface area (Å²) >= 11 is 2.88. The molecule has 0 aliphatic carbocycles. The number of hydrogen-bond donors (Lipinski definition) is 0. The van der Waals surface area contributed by atoms with Crippen molar-refractivity contribution in [2.75, 3.05) is 14.1 Å². The molecule has 0 N–H and O–H groups in total. The van der Waals surface area contributed by atoms with Crippen molar-refractivity contribution in [3.63, 3.8) is 0 Å². The Bertz CT molecular complexity index is 1070. The molecule has 0 fully saturated rings. The van der Waals surface area contributed by atoms with Crippen LogP contribution >= 0.6 is 23.1 Å². The topological polar surface area (TPSA) is 55.2 Å². The number of aryl methyl sites for hydroxylation is 2. The molecule has 0 bridgehead atoms. The third kappa shape index (κ3) is 3.73. The van der Waals surface area contributed by atoms with Crippen LogP contribution < -0.4 is 5.56 Å². The molecule has 0 saturated heterocycles. The van der Waals surface area contributed by atoms with E-state index in [-0.39, 0.29) is 17.5 Å². The normalized spacial score (nSPS) is 12.5. The van der Waals surface area contributed by atoms with Gasteiger partial charge in [-0.2, -0.15) is 0 Å². The largest absolute Gasteiger partial charge is 0.348 e. The predicted molar refractivity (Wildman–Crippen MR) is 117 cm³/mol. The number of rotatable bonds is 5. The first-order valence-electron chi connectivity index (χ1n) is 9.17. The fourth-order valence-electron chi connectivity index (χ4n) is 3.05. The molecule has 1 amide bonds. The molecule has 0 aliphatic rings. The maximum Gasteiger partial charge on any atom is 0.263 e. The predicted octanol–water partition coefficient (Wildman–Crippen LogP) is 4.58. The molecule has 1 aromatic carbocycles. The maximum absolute atomic E-state index is 13.3. The molecule has 1 atom stereocenters. The molecule has 0 aliphatic heterocycles. The van der Waals surface area contributed by atoms with Crippen LogP contribution in [0.15, 0.2) is 40.3 Å². The standard InChI is InChI=1S/C21H25N3O2S2/c1-12(2)24-19(25)16-13(3)14(4)27-18(16)22-21(24)28-17(20(26)23(5)6)15-10-8-7-9-11-15/h7-12,17H,1-6H3. The van der Waals surface area contributed by atoms with Gasteiger partial charge in [0.15, 0.2) is 5.16 Å². The number of carbonyl (C=O) groups excluding carboxylic acids is 1. The van der Waals surface area contributed by atoms with Crippen molar-refractivity contribution in [2.24, 2.45) is 0 Å². The minimum Gasteiger partial charge on any atom is -0.348 e. The van der Waals surface area contributed by atoms with E-state index in [4.69, 9.17) is 4.98 Å². The van der Waals surface area contributed by atoms with Crippen molar-refractivity contribution in [2.45, 2.75) is 44.1 Å². The van der Waals surface area contributed by atoms with E-state index >= 15 is 0 Å². The van der Waals surface area contributed by atoms with E-state index in [0.717, 1.165) is 20.8 Å². The van der Waals surface area contributed by atoms with Gasteiger partial charge in [-0.15, -0.1) is 11.3 Å². The molecule has 2 heterocycles. The summed E-state index contributed by atoms with van der Waals surface area (Å²) in [6, 6.07) is 9.59. The van der Waals surface area contributed by atoms with Crippen LogP contribution in [0.4, 0.5) is 0 Å². The van der Waals surface area contributed by atoms with Gasteiger partial charge in [-0.25, -0.2) is 4.98 Å². The highest BCUT2D eigenvalue weighted by Crippen LogP contribution is 2.37. The molecule has 3 aromatic rings. The number of carbonyl (C=O) groups is 1. The molecule has 2 aromatic heterocycles. The van der Waals surface area contributed by atoms with E-state index < -0.39 is 5.25 Å². The molecular weight excluding hydrogens is 390 g/mol. The number of fused-ring (bicyclic) bond motifs is 1. The fraction of sp³-hybridized carbons (Fsp3) is 0.381. The Morgan fingerprint density at radius 3 is 2.39 bits per heavy atom. The Kier molecular flexibility index (Phi) is 5.95. The summed E-state index contributed by atoms with van der Waals surface area (Å²) in [6.07, 6.45) is 0. The van der Waals surface area contributed by atoms with Crippen molar-refractivity contribution in [1.29, 1.82) is 0 Å². The van der Waals surface area contributed by atoms with Gasteiger partial charge >= 0.3 is 0 Å². The van der Waals surface area contributed by atoms with Crippen LogP contribution in [0.2, 0.25) is 0 Å². The van der Waals surface area contributed by atoms with Crippen LogP contribution in [0.25, 0.3) is 10.2 Å². The van der Waals surface area contributed by atoms with E-state index in [1.54, 1.807) is 23.6 Å². The van der Waals surface area contributed by atoms with Gasteiger partial charge in [0.05, 0.1) is 5.39 Å². The summed E-state index contributed by atoms with van der Waals surface area (Å²) in [5.74, 6) is -0.0283. The molecule has 148 valence electrons. The Balaban J connectivity index is 2.19. The van der Waals surface area contributed by atoms with E-state index in [1.165, 1.54) is 23.1 Å². The van der Waals surface area contributed by atoms with E-state index in [9.17, 15) is 9.59 Å². The number of benzene rings is 1. The van der Waals surface area contributed by atoms with Crippen LogP contribution in [0.3, 0.4) is 0 Å². The van der Waals surface area contributed by atoms with Gasteiger partial charge < -0.3 is 4.90 Å². The van der Waals surface area contributed by atoms with Crippen molar-refractivity contribution >= 4 is 39.2 Å². The lowest BCUT2D eigenvalue weighted by Crippen LogP contribution is -2.29. The molecule has 0 saturated carbocycles. The summed E-state index contributed by atoms with van der Waals surface area (Å²) in [5, 5.41) is 0.807. The number of aromatic nitrogens is 2. The van der Waals surface area contributed by atoms with E-state index in [2.05, 4.69) is 0 Å². The Morgan fingerprint density at radius 2 is 1.82 bits per heavy atom. The van der Waals surface area contributed by atoms with Crippen molar-refractivity contribution in [3.8, 4) is 0 Å². The number of hydrogen-bond acceptors (Lipinski definition) is 5. The highest BCUT2D eigenvalue weighted by atomic mass is 32.2. The van der Waals surface area contributed by atoms with Gasteiger partial charge in [0.2, 0.25) is 5.91 Å². The highest BCUT2D eigenvalue weighted by Gasteiger charge is 2.27. The average molecular weight is 416 g/mol. The summed E-state index contributed by atoms with van der Waals surface area (Å²) in [6.45, 7) is 7.92. The smallest absolute Gasteiger partial charge is 0.263 e. The second-order valence-corrected chi connectivity index (χ2v) is 9.54. The molecule has 7 heteroatoms. The summed E-state index contributed by atoms with van der Waals surface area (Å²) in [4.78, 5) is 34.4. The van der Waals surface area contributed by atoms with E-state index in [0.29, 0.717) is 10.5 Å². The van der Waals surface area contributed by atoms with E-state index in [1.807, 2.05) is 58.0 Å².